The second kappa shape index (κ2) is 6.63. The van der Waals surface area contributed by atoms with E-state index in [0.717, 1.165) is 40.4 Å². The van der Waals surface area contributed by atoms with Gasteiger partial charge in [0.05, 0.1) is 6.61 Å². The van der Waals surface area contributed by atoms with Gasteiger partial charge < -0.3 is 4.74 Å². The Bertz CT molecular complexity index is 1190. The fourth-order valence-corrected chi connectivity index (χ4v) is 3.72. The number of hydrogen-bond acceptors (Lipinski definition) is 6. The minimum Gasteiger partial charge on any atom is -0.493 e. The van der Waals surface area contributed by atoms with Crippen LogP contribution in [-0.4, -0.2) is 36.2 Å². The Hall–Kier alpha value is -3.42. The molecule has 0 unspecified atom stereocenters. The van der Waals surface area contributed by atoms with Crippen molar-refractivity contribution in [3.63, 3.8) is 0 Å². The number of fused-ring (bicyclic) bond motifs is 2. The van der Waals surface area contributed by atoms with E-state index >= 15 is 0 Å². The van der Waals surface area contributed by atoms with Crippen molar-refractivity contribution in [1.29, 1.82) is 0 Å². The first kappa shape index (κ1) is 16.7. The van der Waals surface area contributed by atoms with E-state index in [-0.39, 0.29) is 5.82 Å². The van der Waals surface area contributed by atoms with Crippen LogP contribution in [0.2, 0.25) is 0 Å². The first-order valence-corrected chi connectivity index (χ1v) is 9.10. The van der Waals surface area contributed by atoms with E-state index in [1.807, 2.05) is 11.3 Å². The smallest absolute Gasteiger partial charge is 0.171 e. The molecule has 140 valence electrons. The van der Waals surface area contributed by atoms with Crippen LogP contribution in [-0.2, 0) is 19.3 Å². The standard InChI is InChI=1S/C20H17FN6O/c1-12-15(8-22-10-24-12)16-9-23-19(27-11-25-26-20(16)27)5-2-13-14-6-7-28-18(14)4-3-17(13)21/h3-4,8-11H,2,5-7H2,1H3. The van der Waals surface area contributed by atoms with Gasteiger partial charge in [0.25, 0.3) is 0 Å². The van der Waals surface area contributed by atoms with Gasteiger partial charge in [-0.3, -0.25) is 4.40 Å². The molecule has 1 aromatic carbocycles. The predicted molar refractivity (Wildman–Crippen MR) is 99.6 cm³/mol. The zero-order chi connectivity index (χ0) is 19.1. The fourth-order valence-electron chi connectivity index (χ4n) is 3.72. The number of hydrogen-bond donors (Lipinski definition) is 0. The van der Waals surface area contributed by atoms with E-state index in [4.69, 9.17) is 4.74 Å². The molecule has 0 spiro atoms. The molecule has 5 rings (SSSR count). The second-order valence-electron chi connectivity index (χ2n) is 6.74. The van der Waals surface area contributed by atoms with Crippen LogP contribution >= 0.6 is 0 Å². The van der Waals surface area contributed by atoms with E-state index < -0.39 is 0 Å². The largest absolute Gasteiger partial charge is 0.493 e. The quantitative estimate of drug-likeness (QED) is 0.545. The van der Waals surface area contributed by atoms with Crippen molar-refractivity contribution in [3.8, 4) is 16.9 Å². The van der Waals surface area contributed by atoms with Gasteiger partial charge in [-0.05, 0) is 31.0 Å². The van der Waals surface area contributed by atoms with Gasteiger partial charge in [0, 0.05) is 47.6 Å². The summed E-state index contributed by atoms with van der Waals surface area (Å²) in [5, 5.41) is 8.30. The predicted octanol–water partition coefficient (Wildman–Crippen LogP) is 2.75. The zero-order valence-electron chi connectivity index (χ0n) is 15.3. The molecule has 1 aliphatic rings. The van der Waals surface area contributed by atoms with Gasteiger partial charge in [0.1, 0.15) is 30.0 Å². The third kappa shape index (κ3) is 2.69. The molecule has 8 heteroatoms. The molecule has 0 N–H and O–H groups in total. The first-order valence-electron chi connectivity index (χ1n) is 9.10. The fraction of sp³-hybridized carbons (Fsp3) is 0.250. The Labute approximate surface area is 160 Å². The molecule has 4 heterocycles. The van der Waals surface area contributed by atoms with Gasteiger partial charge in [-0.25, -0.2) is 19.3 Å². The van der Waals surface area contributed by atoms with Gasteiger partial charge in [-0.1, -0.05) is 0 Å². The number of rotatable bonds is 4. The lowest BCUT2D eigenvalue weighted by Crippen LogP contribution is -2.06. The number of ether oxygens (including phenoxy) is 1. The highest BCUT2D eigenvalue weighted by Crippen LogP contribution is 2.31. The normalized spacial score (nSPS) is 12.9. The first-order chi connectivity index (χ1) is 13.7. The Morgan fingerprint density at radius 1 is 1.14 bits per heavy atom. The van der Waals surface area contributed by atoms with Crippen molar-refractivity contribution in [1.82, 2.24) is 29.5 Å². The van der Waals surface area contributed by atoms with Crippen molar-refractivity contribution in [2.24, 2.45) is 0 Å². The van der Waals surface area contributed by atoms with Crippen LogP contribution in [0.25, 0.3) is 16.8 Å². The van der Waals surface area contributed by atoms with E-state index in [1.165, 1.54) is 12.4 Å². The number of halogens is 1. The average Bonchev–Trinajstić information content (AvgIpc) is 3.37. The van der Waals surface area contributed by atoms with Crippen molar-refractivity contribution in [3.05, 3.63) is 65.6 Å². The number of benzene rings is 1. The summed E-state index contributed by atoms with van der Waals surface area (Å²) in [6, 6.07) is 3.18. The van der Waals surface area contributed by atoms with Crippen LogP contribution in [0.3, 0.4) is 0 Å². The Kier molecular flexibility index (Phi) is 3.96. The third-order valence-electron chi connectivity index (χ3n) is 5.15. The van der Waals surface area contributed by atoms with Crippen molar-refractivity contribution >= 4 is 5.65 Å². The molecular formula is C20H17FN6O. The number of aromatic nitrogens is 6. The molecule has 3 aromatic heterocycles. The Morgan fingerprint density at radius 2 is 2.07 bits per heavy atom. The maximum absolute atomic E-state index is 14.4. The van der Waals surface area contributed by atoms with Gasteiger partial charge in [-0.15, -0.1) is 10.2 Å². The second-order valence-corrected chi connectivity index (χ2v) is 6.74. The average molecular weight is 376 g/mol. The SMILES string of the molecule is Cc1ncncc1-c1cnc(CCc2c(F)ccc3c2CCO3)n2cnnc12. The molecule has 28 heavy (non-hydrogen) atoms. The van der Waals surface area contributed by atoms with Gasteiger partial charge in [0.2, 0.25) is 0 Å². The molecule has 0 radical (unpaired) electrons. The summed E-state index contributed by atoms with van der Waals surface area (Å²) in [5.74, 6) is 1.36. The van der Waals surface area contributed by atoms with Gasteiger partial charge in [-0.2, -0.15) is 0 Å². The van der Waals surface area contributed by atoms with Crippen molar-refractivity contribution in [2.45, 2.75) is 26.2 Å². The van der Waals surface area contributed by atoms with E-state index in [1.54, 1.807) is 24.8 Å². The van der Waals surface area contributed by atoms with Crippen LogP contribution in [0.15, 0.2) is 37.2 Å². The maximum atomic E-state index is 14.4. The van der Waals surface area contributed by atoms with E-state index in [9.17, 15) is 4.39 Å². The minimum atomic E-state index is -0.196. The number of nitrogens with zero attached hydrogens (tertiary/aromatic N) is 6. The van der Waals surface area contributed by atoms with Gasteiger partial charge in [0.15, 0.2) is 5.65 Å². The lowest BCUT2D eigenvalue weighted by molar-refractivity contribution is 0.356. The molecule has 0 atom stereocenters. The van der Waals surface area contributed by atoms with Crippen molar-refractivity contribution in [2.75, 3.05) is 6.61 Å². The third-order valence-corrected chi connectivity index (χ3v) is 5.15. The summed E-state index contributed by atoms with van der Waals surface area (Å²) in [7, 11) is 0. The van der Waals surface area contributed by atoms with Crippen LogP contribution in [0.5, 0.6) is 5.75 Å². The van der Waals surface area contributed by atoms with Crippen LogP contribution in [0.4, 0.5) is 4.39 Å². The summed E-state index contributed by atoms with van der Waals surface area (Å²) in [4.78, 5) is 13.0. The molecule has 4 aromatic rings. The molecule has 0 fully saturated rings. The van der Waals surface area contributed by atoms with E-state index in [0.29, 0.717) is 30.7 Å². The summed E-state index contributed by atoms with van der Waals surface area (Å²) < 4.78 is 21.8. The highest BCUT2D eigenvalue weighted by molar-refractivity contribution is 5.77. The lowest BCUT2D eigenvalue weighted by Gasteiger charge is -2.11. The summed E-state index contributed by atoms with van der Waals surface area (Å²) >= 11 is 0. The highest BCUT2D eigenvalue weighted by atomic mass is 19.1. The molecule has 0 saturated carbocycles. The maximum Gasteiger partial charge on any atom is 0.171 e. The molecule has 1 aliphatic heterocycles. The summed E-state index contributed by atoms with van der Waals surface area (Å²) in [6.45, 7) is 2.52. The monoisotopic (exact) mass is 376 g/mol. The molecule has 0 saturated heterocycles. The Morgan fingerprint density at radius 3 is 2.96 bits per heavy atom. The molecule has 7 nitrogen and oxygen atoms in total. The Balaban J connectivity index is 1.51. The molecule has 0 amide bonds. The highest BCUT2D eigenvalue weighted by Gasteiger charge is 2.20. The summed E-state index contributed by atoms with van der Waals surface area (Å²) in [6.07, 6.45) is 8.49. The van der Waals surface area contributed by atoms with Crippen molar-refractivity contribution < 1.29 is 9.13 Å². The molecule has 0 aliphatic carbocycles. The van der Waals surface area contributed by atoms with Gasteiger partial charge >= 0.3 is 0 Å². The topological polar surface area (TPSA) is 78.1 Å². The minimum absolute atomic E-state index is 0.196. The lowest BCUT2D eigenvalue weighted by atomic mass is 10.00. The molecule has 0 bridgehead atoms. The van der Waals surface area contributed by atoms with Crippen LogP contribution < -0.4 is 4.74 Å². The van der Waals surface area contributed by atoms with Crippen LogP contribution in [0, 0.1) is 12.7 Å². The van der Waals surface area contributed by atoms with E-state index in [2.05, 4.69) is 25.1 Å². The number of aryl methyl sites for hydroxylation is 2. The molecular weight excluding hydrogens is 359 g/mol. The zero-order valence-corrected chi connectivity index (χ0v) is 15.3. The van der Waals surface area contributed by atoms with Crippen LogP contribution in [0.1, 0.15) is 22.6 Å². The summed E-state index contributed by atoms with van der Waals surface area (Å²) in [5.41, 5.74) is 4.88.